The number of carbonyl (C=O) groups is 1. The second-order valence-electron chi connectivity index (χ2n) is 5.70. The number of likely N-dealkylation sites (N-methyl/N-ethyl adjacent to an activating group) is 2. The molecule has 5 nitrogen and oxygen atoms in total. The van der Waals surface area contributed by atoms with E-state index < -0.39 is 0 Å². The van der Waals surface area contributed by atoms with Crippen LogP contribution in [-0.4, -0.2) is 61.5 Å². The van der Waals surface area contributed by atoms with E-state index in [1.54, 1.807) is 0 Å². The van der Waals surface area contributed by atoms with Crippen molar-refractivity contribution in [2.24, 2.45) is 5.73 Å². The Bertz CT molecular complexity index is 451. The van der Waals surface area contributed by atoms with Gasteiger partial charge in [-0.25, -0.2) is 0 Å². The van der Waals surface area contributed by atoms with Gasteiger partial charge in [0.1, 0.15) is 0 Å². The average molecular weight is 290 g/mol. The van der Waals surface area contributed by atoms with Crippen molar-refractivity contribution in [3.63, 3.8) is 0 Å². The molecule has 1 aromatic rings. The molecule has 116 valence electrons. The van der Waals surface area contributed by atoms with Crippen molar-refractivity contribution in [2.75, 3.05) is 39.8 Å². The van der Waals surface area contributed by atoms with Crippen LogP contribution in [0.2, 0.25) is 0 Å². The highest BCUT2D eigenvalue weighted by Gasteiger charge is 2.29. The Morgan fingerprint density at radius 2 is 2.10 bits per heavy atom. The summed E-state index contributed by atoms with van der Waals surface area (Å²) in [5.74, 6) is -0.275. The first kappa shape index (κ1) is 15.9. The summed E-state index contributed by atoms with van der Waals surface area (Å²) in [4.78, 5) is 16.3. The van der Waals surface area contributed by atoms with Crippen molar-refractivity contribution >= 4 is 5.91 Å². The predicted octanol–water partition coefficient (Wildman–Crippen LogP) is 0.439. The molecule has 1 aromatic carbocycles. The molecule has 2 atom stereocenters. The summed E-state index contributed by atoms with van der Waals surface area (Å²) in [6.07, 6.45) is 0. The number of nitrogens with two attached hydrogens (primary N) is 1. The summed E-state index contributed by atoms with van der Waals surface area (Å²) in [7, 11) is 2.14. The first-order chi connectivity index (χ1) is 10.1. The Labute approximate surface area is 127 Å². The molecule has 1 saturated heterocycles. The molecule has 1 amide bonds. The number of hydrogen-bond acceptors (Lipinski definition) is 4. The molecule has 1 aliphatic rings. The second-order valence-corrected chi connectivity index (χ2v) is 5.70. The lowest BCUT2D eigenvalue weighted by Crippen LogP contribution is -2.54. The van der Waals surface area contributed by atoms with E-state index in [9.17, 15) is 4.79 Å². The van der Waals surface area contributed by atoms with Gasteiger partial charge in [0.05, 0.1) is 6.04 Å². The summed E-state index contributed by atoms with van der Waals surface area (Å²) in [6, 6.07) is 10.5. The van der Waals surface area contributed by atoms with E-state index in [1.807, 2.05) is 13.0 Å². The zero-order chi connectivity index (χ0) is 15.2. The summed E-state index contributed by atoms with van der Waals surface area (Å²) >= 11 is 0. The fourth-order valence-electron chi connectivity index (χ4n) is 2.90. The van der Waals surface area contributed by atoms with Gasteiger partial charge in [-0.1, -0.05) is 37.3 Å². The molecule has 2 unspecified atom stereocenters. The van der Waals surface area contributed by atoms with E-state index in [0.29, 0.717) is 12.6 Å². The Balaban J connectivity index is 2.13. The van der Waals surface area contributed by atoms with Crippen LogP contribution in [0.15, 0.2) is 30.3 Å². The molecule has 0 radical (unpaired) electrons. The highest BCUT2D eigenvalue weighted by molar-refractivity contribution is 5.80. The molecule has 1 aliphatic heterocycles. The van der Waals surface area contributed by atoms with Crippen LogP contribution in [0.4, 0.5) is 0 Å². The normalized spacial score (nSPS) is 22.1. The molecule has 2 rings (SSSR count). The number of carbonyl (C=O) groups excluding carboxylic acids is 1. The van der Waals surface area contributed by atoms with Gasteiger partial charge in [0.15, 0.2) is 0 Å². The fourth-order valence-corrected chi connectivity index (χ4v) is 2.90. The maximum Gasteiger partial charge on any atom is 0.235 e. The van der Waals surface area contributed by atoms with Crippen molar-refractivity contribution in [3.05, 3.63) is 35.9 Å². The van der Waals surface area contributed by atoms with Gasteiger partial charge in [-0.05, 0) is 19.2 Å². The highest BCUT2D eigenvalue weighted by Crippen LogP contribution is 2.24. The third-order valence-electron chi connectivity index (χ3n) is 4.09. The van der Waals surface area contributed by atoms with Crippen molar-refractivity contribution < 1.29 is 4.79 Å². The van der Waals surface area contributed by atoms with Gasteiger partial charge >= 0.3 is 0 Å². The van der Waals surface area contributed by atoms with Gasteiger partial charge in [-0.2, -0.15) is 0 Å². The lowest BCUT2D eigenvalue weighted by Gasteiger charge is -2.41. The number of primary amides is 1. The molecular formula is C16H26N4O. The van der Waals surface area contributed by atoms with Crippen LogP contribution in [-0.2, 0) is 4.79 Å². The van der Waals surface area contributed by atoms with Gasteiger partial charge in [-0.15, -0.1) is 0 Å². The molecule has 5 heteroatoms. The summed E-state index contributed by atoms with van der Waals surface area (Å²) in [5, 5.41) is 3.18. The molecule has 0 bridgehead atoms. The largest absolute Gasteiger partial charge is 0.368 e. The lowest BCUT2D eigenvalue weighted by atomic mass is 10.0. The fraction of sp³-hybridized carbons (Fsp3) is 0.562. The highest BCUT2D eigenvalue weighted by atomic mass is 16.1. The van der Waals surface area contributed by atoms with E-state index in [4.69, 9.17) is 5.73 Å². The molecule has 3 N–H and O–H groups in total. The summed E-state index contributed by atoms with van der Waals surface area (Å²) in [6.45, 7) is 6.34. The van der Waals surface area contributed by atoms with Crippen LogP contribution in [0, 0.1) is 0 Å². The van der Waals surface area contributed by atoms with Crippen molar-refractivity contribution in [1.29, 1.82) is 0 Å². The van der Waals surface area contributed by atoms with Gasteiger partial charge in [0.25, 0.3) is 0 Å². The Kier molecular flexibility index (Phi) is 5.73. The van der Waals surface area contributed by atoms with Gasteiger partial charge in [-0.3, -0.25) is 9.69 Å². The van der Waals surface area contributed by atoms with Crippen molar-refractivity contribution in [2.45, 2.75) is 19.0 Å². The van der Waals surface area contributed by atoms with Crippen LogP contribution >= 0.6 is 0 Å². The van der Waals surface area contributed by atoms with E-state index in [-0.39, 0.29) is 11.9 Å². The molecule has 1 fully saturated rings. The molecule has 1 heterocycles. The molecule has 21 heavy (non-hydrogen) atoms. The Morgan fingerprint density at radius 1 is 1.38 bits per heavy atom. The smallest absolute Gasteiger partial charge is 0.235 e. The third-order valence-corrected chi connectivity index (χ3v) is 4.09. The summed E-state index contributed by atoms with van der Waals surface area (Å²) < 4.78 is 0. The standard InChI is InChI=1S/C16H26N4O/c1-3-18-14(16(17)21)11-20-10-9-19(2)12-15(20)13-7-5-4-6-8-13/h4-8,14-15,18H,3,9-12H2,1-2H3,(H2,17,21). The minimum absolute atomic E-state index is 0.275. The van der Waals surface area contributed by atoms with E-state index >= 15 is 0 Å². The second kappa shape index (κ2) is 7.54. The summed E-state index contributed by atoms with van der Waals surface area (Å²) in [5.41, 5.74) is 6.81. The number of hydrogen-bond donors (Lipinski definition) is 2. The van der Waals surface area contributed by atoms with E-state index in [0.717, 1.165) is 26.2 Å². The van der Waals surface area contributed by atoms with Gasteiger partial charge < -0.3 is 16.0 Å². The van der Waals surface area contributed by atoms with Crippen LogP contribution < -0.4 is 11.1 Å². The number of piperazine rings is 1. The number of nitrogens with one attached hydrogen (secondary N) is 1. The minimum Gasteiger partial charge on any atom is -0.368 e. The SMILES string of the molecule is CCNC(CN1CCN(C)CC1c1ccccc1)C(N)=O. The molecular weight excluding hydrogens is 264 g/mol. The van der Waals surface area contributed by atoms with E-state index in [1.165, 1.54) is 5.56 Å². The molecule has 0 aliphatic carbocycles. The molecule has 0 aromatic heterocycles. The number of benzene rings is 1. The first-order valence-electron chi connectivity index (χ1n) is 7.62. The maximum absolute atomic E-state index is 11.6. The zero-order valence-corrected chi connectivity index (χ0v) is 13.0. The van der Waals surface area contributed by atoms with Crippen molar-refractivity contribution in [1.82, 2.24) is 15.1 Å². The molecule has 0 saturated carbocycles. The van der Waals surface area contributed by atoms with Crippen LogP contribution in [0.25, 0.3) is 0 Å². The van der Waals surface area contributed by atoms with Crippen LogP contribution in [0.5, 0.6) is 0 Å². The lowest BCUT2D eigenvalue weighted by molar-refractivity contribution is -0.120. The van der Waals surface area contributed by atoms with Gasteiger partial charge in [0, 0.05) is 32.2 Å². The Morgan fingerprint density at radius 3 is 2.71 bits per heavy atom. The topological polar surface area (TPSA) is 61.6 Å². The third kappa shape index (κ3) is 4.27. The zero-order valence-electron chi connectivity index (χ0n) is 13.0. The molecule has 0 spiro atoms. The Hall–Kier alpha value is -1.43. The minimum atomic E-state index is -0.287. The van der Waals surface area contributed by atoms with Crippen LogP contribution in [0.1, 0.15) is 18.5 Å². The predicted molar refractivity (Wildman–Crippen MR) is 84.9 cm³/mol. The van der Waals surface area contributed by atoms with E-state index in [2.05, 4.69) is 46.4 Å². The monoisotopic (exact) mass is 290 g/mol. The van der Waals surface area contributed by atoms with Gasteiger partial charge in [0.2, 0.25) is 5.91 Å². The quantitative estimate of drug-likeness (QED) is 0.798. The number of amides is 1. The maximum atomic E-state index is 11.6. The van der Waals surface area contributed by atoms with Crippen LogP contribution in [0.3, 0.4) is 0 Å². The number of rotatable bonds is 6. The van der Waals surface area contributed by atoms with Crippen molar-refractivity contribution in [3.8, 4) is 0 Å². The number of nitrogens with zero attached hydrogens (tertiary/aromatic N) is 2. The average Bonchev–Trinajstić information content (AvgIpc) is 2.49. The first-order valence-corrected chi connectivity index (χ1v) is 7.62.